The molecule has 0 aromatic heterocycles. The van der Waals surface area contributed by atoms with Gasteiger partial charge < -0.3 is 4.74 Å². The quantitative estimate of drug-likeness (QED) is 0.426. The number of likely N-dealkylation sites (tertiary alicyclic amines) is 1. The summed E-state index contributed by atoms with van der Waals surface area (Å²) in [5.74, 6) is -0.0210. The Labute approximate surface area is 214 Å². The number of amides is 1. The molecule has 2 heterocycles. The molecule has 0 unspecified atom stereocenters. The molecule has 0 spiro atoms. The number of ether oxygens (including phenoxy) is 1. The van der Waals surface area contributed by atoms with E-state index in [9.17, 15) is 9.18 Å². The Balaban J connectivity index is 1.26. The Bertz CT molecular complexity index is 1060. The minimum absolute atomic E-state index is 0.0323. The van der Waals surface area contributed by atoms with Crippen molar-refractivity contribution >= 4 is 41.2 Å². The van der Waals surface area contributed by atoms with Crippen molar-refractivity contribution in [1.82, 2.24) is 13.9 Å². The highest BCUT2D eigenvalue weighted by Gasteiger charge is 2.31. The van der Waals surface area contributed by atoms with Crippen molar-refractivity contribution in [2.75, 3.05) is 26.2 Å². The van der Waals surface area contributed by atoms with E-state index in [2.05, 4.69) is 9.62 Å². The summed E-state index contributed by atoms with van der Waals surface area (Å²) in [4.78, 5) is 14.9. The van der Waals surface area contributed by atoms with Gasteiger partial charge in [0.2, 0.25) is 0 Å². The minimum atomic E-state index is -0.537. The lowest BCUT2D eigenvalue weighted by Gasteiger charge is -2.33. The highest BCUT2D eigenvalue weighted by molar-refractivity contribution is 7.95. The largest absolute Gasteiger partial charge is 0.489 e. The number of nitrogens with zero attached hydrogens (tertiary/aromatic N) is 2. The molecular formula is C25H28Cl2FN3O2S. The number of halogens is 3. The average molecular weight is 524 g/mol. The maximum Gasteiger partial charge on any atom is 0.265 e. The minimum Gasteiger partial charge on any atom is -0.489 e. The van der Waals surface area contributed by atoms with E-state index < -0.39 is 11.7 Å². The zero-order valence-electron chi connectivity index (χ0n) is 18.9. The Morgan fingerprint density at radius 2 is 1.91 bits per heavy atom. The first-order chi connectivity index (χ1) is 16.5. The molecule has 1 N–H and O–H groups in total. The standard InChI is InChI=1S/C25H28Cl2FN3O2S/c26-21-7-4-16(11-22(21)27)14-30-8-1-3-18(15-30)33-24-13-23(28)20(12-19(24)17-5-6-17)25(32)29-34-31-9-2-10-31/h4,7,11-13,17-18H,1-3,5-6,8-10,14-15H2,(H,29,32)/t18-/m1/s1. The molecule has 2 aromatic carbocycles. The molecule has 5 rings (SSSR count). The zero-order chi connectivity index (χ0) is 23.7. The molecule has 3 fully saturated rings. The second kappa shape index (κ2) is 10.6. The van der Waals surface area contributed by atoms with Crippen LogP contribution >= 0.6 is 35.3 Å². The van der Waals surface area contributed by atoms with Gasteiger partial charge in [-0.05, 0) is 73.9 Å². The first kappa shape index (κ1) is 24.2. The lowest BCUT2D eigenvalue weighted by molar-refractivity contribution is 0.0832. The fourth-order valence-corrected chi connectivity index (χ4v) is 5.51. The summed E-state index contributed by atoms with van der Waals surface area (Å²) in [6, 6.07) is 8.82. The van der Waals surface area contributed by atoms with Crippen molar-refractivity contribution in [3.8, 4) is 5.75 Å². The molecule has 2 saturated heterocycles. The topological polar surface area (TPSA) is 44.8 Å². The fourth-order valence-electron chi connectivity index (χ4n) is 4.43. The molecule has 5 nitrogen and oxygen atoms in total. The van der Waals surface area contributed by atoms with Crippen molar-refractivity contribution in [2.24, 2.45) is 0 Å². The van der Waals surface area contributed by atoms with Gasteiger partial charge in [0, 0.05) is 44.4 Å². The van der Waals surface area contributed by atoms with E-state index in [-0.39, 0.29) is 11.7 Å². The van der Waals surface area contributed by atoms with Crippen molar-refractivity contribution in [1.29, 1.82) is 0 Å². The lowest BCUT2D eigenvalue weighted by atomic mass is 10.0. The van der Waals surface area contributed by atoms with Crippen LogP contribution in [0.2, 0.25) is 10.0 Å². The number of carbonyl (C=O) groups is 1. The van der Waals surface area contributed by atoms with Crippen LogP contribution in [0.4, 0.5) is 4.39 Å². The molecule has 3 aliphatic rings. The van der Waals surface area contributed by atoms with E-state index in [1.54, 1.807) is 6.07 Å². The van der Waals surface area contributed by atoms with Crippen molar-refractivity contribution < 1.29 is 13.9 Å². The molecule has 1 aliphatic carbocycles. The van der Waals surface area contributed by atoms with E-state index in [0.717, 1.165) is 76.0 Å². The second-order valence-electron chi connectivity index (χ2n) is 9.31. The highest BCUT2D eigenvalue weighted by Crippen LogP contribution is 2.45. The third kappa shape index (κ3) is 5.82. The lowest BCUT2D eigenvalue weighted by Crippen LogP contribution is -2.40. The molecule has 1 saturated carbocycles. The summed E-state index contributed by atoms with van der Waals surface area (Å²) in [6.45, 7) is 4.36. The van der Waals surface area contributed by atoms with Crippen LogP contribution in [0.15, 0.2) is 30.3 Å². The number of piperidine rings is 1. The zero-order valence-corrected chi connectivity index (χ0v) is 21.2. The Morgan fingerprint density at radius 1 is 1.09 bits per heavy atom. The predicted molar refractivity (Wildman–Crippen MR) is 135 cm³/mol. The van der Waals surface area contributed by atoms with Crippen LogP contribution in [0.5, 0.6) is 5.75 Å². The van der Waals surface area contributed by atoms with Crippen LogP contribution in [0.3, 0.4) is 0 Å². The number of hydrogen-bond donors (Lipinski definition) is 1. The molecule has 2 aliphatic heterocycles. The summed E-state index contributed by atoms with van der Waals surface area (Å²) >= 11 is 13.5. The number of carbonyl (C=O) groups excluding carboxylic acids is 1. The third-order valence-corrected chi connectivity index (χ3v) is 8.23. The van der Waals surface area contributed by atoms with Crippen molar-refractivity contribution in [3.63, 3.8) is 0 Å². The maximum atomic E-state index is 15.0. The molecule has 1 amide bonds. The summed E-state index contributed by atoms with van der Waals surface area (Å²) in [5.41, 5.74) is 2.14. The SMILES string of the molecule is O=C(NSN1CCC1)c1cc(C2CC2)c(O[C@@H]2CCCN(Cc3ccc(Cl)c(Cl)c3)C2)cc1F. The molecule has 2 aromatic rings. The van der Waals surface area contributed by atoms with Crippen molar-refractivity contribution in [2.45, 2.75) is 50.7 Å². The van der Waals surface area contributed by atoms with Gasteiger partial charge in [-0.3, -0.25) is 14.4 Å². The Morgan fingerprint density at radius 3 is 2.62 bits per heavy atom. The third-order valence-electron chi connectivity index (χ3n) is 6.59. The van der Waals surface area contributed by atoms with Gasteiger partial charge in [0.05, 0.1) is 15.6 Å². The highest BCUT2D eigenvalue weighted by atomic mass is 35.5. The van der Waals surface area contributed by atoms with Crippen LogP contribution in [0.25, 0.3) is 0 Å². The monoisotopic (exact) mass is 523 g/mol. The van der Waals surface area contributed by atoms with Crippen LogP contribution in [0.1, 0.15) is 59.5 Å². The number of benzene rings is 2. The second-order valence-corrected chi connectivity index (χ2v) is 11.0. The molecule has 0 radical (unpaired) electrons. The van der Waals surface area contributed by atoms with Gasteiger partial charge in [-0.15, -0.1) is 0 Å². The number of nitrogens with one attached hydrogen (secondary N) is 1. The first-order valence-corrected chi connectivity index (χ1v) is 13.4. The van der Waals surface area contributed by atoms with E-state index in [4.69, 9.17) is 27.9 Å². The smallest absolute Gasteiger partial charge is 0.265 e. The number of rotatable bonds is 8. The van der Waals surface area contributed by atoms with Crippen LogP contribution in [0, 0.1) is 5.82 Å². The van der Waals surface area contributed by atoms with Crippen molar-refractivity contribution in [3.05, 3.63) is 62.9 Å². The van der Waals surface area contributed by atoms with E-state index in [1.807, 2.05) is 22.5 Å². The van der Waals surface area contributed by atoms with Crippen LogP contribution < -0.4 is 9.46 Å². The summed E-state index contributed by atoms with van der Waals surface area (Å²) in [6.07, 6.45) is 5.09. The summed E-state index contributed by atoms with van der Waals surface area (Å²) in [7, 11) is 0. The van der Waals surface area contributed by atoms with E-state index in [1.165, 1.54) is 18.2 Å². The Hall–Kier alpha value is -1.51. The van der Waals surface area contributed by atoms with Gasteiger partial charge in [0.15, 0.2) is 0 Å². The first-order valence-electron chi connectivity index (χ1n) is 11.8. The van der Waals surface area contributed by atoms with Gasteiger partial charge in [0.25, 0.3) is 5.91 Å². The van der Waals surface area contributed by atoms with Crippen LogP contribution in [-0.2, 0) is 6.54 Å². The maximum absolute atomic E-state index is 15.0. The molecule has 1 atom stereocenters. The molecule has 182 valence electrons. The van der Waals surface area contributed by atoms with Gasteiger partial charge in [-0.1, -0.05) is 29.3 Å². The van der Waals surface area contributed by atoms with Gasteiger partial charge in [-0.25, -0.2) is 8.70 Å². The molecular weight excluding hydrogens is 496 g/mol. The fraction of sp³-hybridized carbons (Fsp3) is 0.480. The molecule has 34 heavy (non-hydrogen) atoms. The predicted octanol–water partition coefficient (Wildman–Crippen LogP) is 6.05. The van der Waals surface area contributed by atoms with Crippen LogP contribution in [-0.4, -0.2) is 47.4 Å². The van der Waals surface area contributed by atoms with Gasteiger partial charge in [0.1, 0.15) is 17.7 Å². The summed E-state index contributed by atoms with van der Waals surface area (Å²) in [5, 5.41) is 1.11. The summed E-state index contributed by atoms with van der Waals surface area (Å²) < 4.78 is 26.1. The van der Waals surface area contributed by atoms with Gasteiger partial charge >= 0.3 is 0 Å². The molecule has 9 heteroatoms. The average Bonchev–Trinajstić information content (AvgIpc) is 3.61. The Kier molecular flexibility index (Phi) is 7.56. The molecule has 0 bridgehead atoms. The van der Waals surface area contributed by atoms with Gasteiger partial charge in [-0.2, -0.15) is 0 Å². The normalized spacial score (nSPS) is 21.2. The number of hydrogen-bond acceptors (Lipinski definition) is 5. The van der Waals surface area contributed by atoms with E-state index in [0.29, 0.717) is 21.7 Å². The van der Waals surface area contributed by atoms with E-state index >= 15 is 0 Å².